The highest BCUT2D eigenvalue weighted by Gasteiger charge is 2.27. The molecule has 6 heteroatoms. The topological polar surface area (TPSA) is 49.4 Å². The number of nitrogens with zero attached hydrogens (tertiary/aromatic N) is 1. The van der Waals surface area contributed by atoms with Crippen LogP contribution in [0.25, 0.3) is 0 Å². The second-order valence-electron chi connectivity index (χ2n) is 5.88. The number of amides is 2. The Morgan fingerprint density at radius 1 is 1.28 bits per heavy atom. The maximum Gasteiger partial charge on any atom is 0.251 e. The normalized spacial score (nSPS) is 12.8. The summed E-state index contributed by atoms with van der Waals surface area (Å²) in [4.78, 5) is 26.3. The van der Waals surface area contributed by atoms with Gasteiger partial charge in [-0.25, -0.2) is 4.39 Å². The summed E-state index contributed by atoms with van der Waals surface area (Å²) in [6.45, 7) is 2.67. The zero-order valence-electron chi connectivity index (χ0n) is 13.8. The molecule has 0 spiro atoms. The van der Waals surface area contributed by atoms with Crippen molar-refractivity contribution >= 4 is 29.1 Å². The molecular weight excluding hydrogens is 343 g/mol. The van der Waals surface area contributed by atoms with Crippen LogP contribution in [0, 0.1) is 5.82 Å². The fourth-order valence-electron chi connectivity index (χ4n) is 3.02. The Bertz CT molecular complexity index is 838. The summed E-state index contributed by atoms with van der Waals surface area (Å²) in [6.07, 6.45) is 1.09. The van der Waals surface area contributed by atoms with Gasteiger partial charge in [0.1, 0.15) is 5.82 Å². The SMILES string of the molecule is CCC(=O)N1CCc2c(C(=O)NCc3ccc(F)c(Cl)c3)cccc21. The van der Waals surface area contributed by atoms with Gasteiger partial charge < -0.3 is 10.2 Å². The van der Waals surface area contributed by atoms with E-state index in [1.165, 1.54) is 12.1 Å². The van der Waals surface area contributed by atoms with Gasteiger partial charge in [-0.05, 0) is 41.8 Å². The largest absolute Gasteiger partial charge is 0.348 e. The third kappa shape index (κ3) is 3.51. The molecule has 1 N–H and O–H groups in total. The molecule has 1 heterocycles. The zero-order valence-corrected chi connectivity index (χ0v) is 14.6. The van der Waals surface area contributed by atoms with Crippen LogP contribution in [0.15, 0.2) is 36.4 Å². The molecule has 2 aromatic rings. The molecule has 1 aliphatic rings. The monoisotopic (exact) mass is 360 g/mol. The van der Waals surface area contributed by atoms with Gasteiger partial charge in [0.2, 0.25) is 5.91 Å². The Morgan fingerprint density at radius 2 is 2.08 bits per heavy atom. The fraction of sp³-hybridized carbons (Fsp3) is 0.263. The summed E-state index contributed by atoms with van der Waals surface area (Å²) in [6, 6.07) is 9.76. The lowest BCUT2D eigenvalue weighted by molar-refractivity contribution is -0.118. The number of fused-ring (bicyclic) bond motifs is 1. The predicted molar refractivity (Wildman–Crippen MR) is 95.4 cm³/mol. The predicted octanol–water partition coefficient (Wildman–Crippen LogP) is 3.71. The van der Waals surface area contributed by atoms with Crippen LogP contribution in [0.3, 0.4) is 0 Å². The van der Waals surface area contributed by atoms with Gasteiger partial charge in [0.05, 0.1) is 5.02 Å². The van der Waals surface area contributed by atoms with E-state index in [4.69, 9.17) is 11.6 Å². The molecule has 0 radical (unpaired) electrons. The Labute approximate surface area is 150 Å². The van der Waals surface area contributed by atoms with Crippen LogP contribution in [-0.2, 0) is 17.8 Å². The number of carbonyl (C=O) groups excluding carboxylic acids is 2. The first kappa shape index (κ1) is 17.4. The maximum atomic E-state index is 13.2. The number of hydrogen-bond acceptors (Lipinski definition) is 2. The van der Waals surface area contributed by atoms with Gasteiger partial charge >= 0.3 is 0 Å². The van der Waals surface area contributed by atoms with E-state index in [1.54, 1.807) is 23.1 Å². The molecule has 0 fully saturated rings. The number of carbonyl (C=O) groups is 2. The average Bonchev–Trinajstić information content (AvgIpc) is 3.06. The van der Waals surface area contributed by atoms with Crippen molar-refractivity contribution in [2.24, 2.45) is 0 Å². The summed E-state index contributed by atoms with van der Waals surface area (Å²) in [7, 11) is 0. The number of halogens is 2. The van der Waals surface area contributed by atoms with Crippen LogP contribution in [0.2, 0.25) is 5.02 Å². The summed E-state index contributed by atoms with van der Waals surface area (Å²) < 4.78 is 13.2. The van der Waals surface area contributed by atoms with Crippen molar-refractivity contribution < 1.29 is 14.0 Å². The summed E-state index contributed by atoms with van der Waals surface area (Å²) in [5, 5.41) is 2.85. The van der Waals surface area contributed by atoms with Gasteiger partial charge in [-0.15, -0.1) is 0 Å². The highest BCUT2D eigenvalue weighted by atomic mass is 35.5. The number of anilines is 1. The number of benzene rings is 2. The Balaban J connectivity index is 1.76. The molecule has 25 heavy (non-hydrogen) atoms. The first-order chi connectivity index (χ1) is 12.0. The van der Waals surface area contributed by atoms with Gasteiger partial charge in [-0.2, -0.15) is 0 Å². The van der Waals surface area contributed by atoms with Crippen molar-refractivity contribution in [1.82, 2.24) is 5.32 Å². The van der Waals surface area contributed by atoms with E-state index >= 15 is 0 Å². The molecule has 0 saturated carbocycles. The number of nitrogens with one attached hydrogen (secondary N) is 1. The molecule has 0 bridgehead atoms. The lowest BCUT2D eigenvalue weighted by Gasteiger charge is -2.17. The minimum atomic E-state index is -0.488. The molecule has 0 aromatic heterocycles. The molecule has 0 unspecified atom stereocenters. The minimum absolute atomic E-state index is 0.0288. The van der Waals surface area contributed by atoms with Crippen molar-refractivity contribution in [2.75, 3.05) is 11.4 Å². The van der Waals surface area contributed by atoms with Crippen LogP contribution in [0.5, 0.6) is 0 Å². The van der Waals surface area contributed by atoms with Crippen LogP contribution in [0.4, 0.5) is 10.1 Å². The molecule has 0 aliphatic carbocycles. The van der Waals surface area contributed by atoms with Crippen molar-refractivity contribution in [3.8, 4) is 0 Å². The minimum Gasteiger partial charge on any atom is -0.348 e. The molecular formula is C19H18ClFN2O2. The van der Waals surface area contributed by atoms with E-state index in [0.717, 1.165) is 16.8 Å². The summed E-state index contributed by atoms with van der Waals surface area (Å²) in [5.74, 6) is -0.654. The highest BCUT2D eigenvalue weighted by Crippen LogP contribution is 2.31. The number of rotatable bonds is 4. The lowest BCUT2D eigenvalue weighted by Crippen LogP contribution is -2.27. The van der Waals surface area contributed by atoms with Gasteiger partial charge in [-0.3, -0.25) is 9.59 Å². The van der Waals surface area contributed by atoms with Crippen molar-refractivity contribution in [1.29, 1.82) is 0 Å². The quantitative estimate of drug-likeness (QED) is 0.903. The van der Waals surface area contributed by atoms with Crippen LogP contribution >= 0.6 is 11.6 Å². The molecule has 4 nitrogen and oxygen atoms in total. The van der Waals surface area contributed by atoms with Gasteiger partial charge in [0.15, 0.2) is 0 Å². The molecule has 2 amide bonds. The van der Waals surface area contributed by atoms with Crippen molar-refractivity contribution in [2.45, 2.75) is 26.3 Å². The Morgan fingerprint density at radius 3 is 2.80 bits per heavy atom. The molecule has 130 valence electrons. The molecule has 2 aromatic carbocycles. The standard InChI is InChI=1S/C19H18ClFN2O2/c1-2-18(24)23-9-8-13-14(4-3-5-17(13)23)19(25)22-11-12-6-7-16(21)15(20)10-12/h3-7,10H,2,8-9,11H2,1H3,(H,22,25). The summed E-state index contributed by atoms with van der Waals surface area (Å²) in [5.41, 5.74) is 2.98. The Hall–Kier alpha value is -2.40. The lowest BCUT2D eigenvalue weighted by atomic mass is 10.0. The van der Waals surface area contributed by atoms with Gasteiger partial charge in [0, 0.05) is 30.8 Å². The van der Waals surface area contributed by atoms with E-state index in [1.807, 2.05) is 13.0 Å². The fourth-order valence-corrected chi connectivity index (χ4v) is 3.23. The third-order valence-corrected chi connectivity index (χ3v) is 4.60. The molecule has 3 rings (SSSR count). The van der Waals surface area contributed by atoms with Crippen molar-refractivity contribution in [3.05, 3.63) is 63.9 Å². The first-order valence-electron chi connectivity index (χ1n) is 8.15. The van der Waals surface area contributed by atoms with Gasteiger partial charge in [0.25, 0.3) is 5.91 Å². The zero-order chi connectivity index (χ0) is 18.0. The Kier molecular flexibility index (Phi) is 5.04. The van der Waals surface area contributed by atoms with Gasteiger partial charge in [-0.1, -0.05) is 30.7 Å². The smallest absolute Gasteiger partial charge is 0.251 e. The van der Waals surface area contributed by atoms with Crippen LogP contribution in [-0.4, -0.2) is 18.4 Å². The second-order valence-corrected chi connectivity index (χ2v) is 6.29. The first-order valence-corrected chi connectivity index (χ1v) is 8.53. The molecule has 0 atom stereocenters. The maximum absolute atomic E-state index is 13.2. The molecule has 1 aliphatic heterocycles. The summed E-state index contributed by atoms with van der Waals surface area (Å²) >= 11 is 5.76. The van der Waals surface area contributed by atoms with E-state index in [2.05, 4.69) is 5.32 Å². The third-order valence-electron chi connectivity index (χ3n) is 4.31. The van der Waals surface area contributed by atoms with E-state index < -0.39 is 5.82 Å². The van der Waals surface area contributed by atoms with Crippen LogP contribution < -0.4 is 10.2 Å². The van der Waals surface area contributed by atoms with Crippen LogP contribution in [0.1, 0.15) is 34.8 Å². The van der Waals surface area contributed by atoms with E-state index in [-0.39, 0.29) is 23.4 Å². The second kappa shape index (κ2) is 7.23. The molecule has 0 saturated heterocycles. The average molecular weight is 361 g/mol. The highest BCUT2D eigenvalue weighted by molar-refractivity contribution is 6.30. The van der Waals surface area contributed by atoms with E-state index in [0.29, 0.717) is 24.9 Å². The van der Waals surface area contributed by atoms with Crippen molar-refractivity contribution in [3.63, 3.8) is 0 Å². The number of hydrogen-bond donors (Lipinski definition) is 1. The van der Waals surface area contributed by atoms with E-state index in [9.17, 15) is 14.0 Å².